The highest BCUT2D eigenvalue weighted by Crippen LogP contribution is 2.32. The number of nitrogens with zero attached hydrogens (tertiary/aromatic N) is 1. The molecule has 202 valence electrons. The second kappa shape index (κ2) is 12.4. The van der Waals surface area contributed by atoms with E-state index in [1.165, 1.54) is 12.3 Å². The normalized spacial score (nSPS) is 12.2. The number of carbonyl (C=O) groups is 2. The molecule has 1 atom stereocenters. The lowest BCUT2D eigenvalue weighted by Gasteiger charge is -2.24. The summed E-state index contributed by atoms with van der Waals surface area (Å²) in [6, 6.07) is 11.9. The van der Waals surface area contributed by atoms with Crippen molar-refractivity contribution >= 4 is 17.6 Å². The minimum absolute atomic E-state index is 0.0377. The summed E-state index contributed by atoms with van der Waals surface area (Å²) in [6.45, 7) is 4.29. The molecule has 11 heteroatoms. The molecule has 1 heterocycles. The topological polar surface area (TPSA) is 101 Å². The van der Waals surface area contributed by atoms with Crippen LogP contribution in [0.5, 0.6) is 5.75 Å². The van der Waals surface area contributed by atoms with Gasteiger partial charge in [0.25, 0.3) is 5.91 Å². The van der Waals surface area contributed by atoms with E-state index < -0.39 is 23.5 Å². The first kappa shape index (κ1) is 28.4. The molecule has 3 N–H and O–H groups in total. The van der Waals surface area contributed by atoms with Crippen LogP contribution in [-0.2, 0) is 11.0 Å². The van der Waals surface area contributed by atoms with E-state index in [4.69, 9.17) is 9.84 Å². The van der Waals surface area contributed by atoms with Crippen LogP contribution in [0.4, 0.5) is 23.2 Å². The highest BCUT2D eigenvalue weighted by Gasteiger charge is 2.31. The van der Waals surface area contributed by atoms with Gasteiger partial charge in [0.2, 0.25) is 0 Å². The Morgan fingerprint density at radius 1 is 1.05 bits per heavy atom. The molecule has 0 spiro atoms. The first-order valence-electron chi connectivity index (χ1n) is 11.8. The Bertz CT molecular complexity index is 1250. The molecule has 0 saturated heterocycles. The Kier molecular flexibility index (Phi) is 9.27. The molecule has 0 aliphatic carbocycles. The maximum atomic E-state index is 14.2. The number of carboxylic acid groups (broad SMARTS) is 1. The maximum absolute atomic E-state index is 14.2. The average molecular weight is 534 g/mol. The molecule has 1 aromatic heterocycles. The van der Waals surface area contributed by atoms with Crippen LogP contribution in [0.15, 0.2) is 60.8 Å². The van der Waals surface area contributed by atoms with Gasteiger partial charge in [-0.2, -0.15) is 13.2 Å². The van der Waals surface area contributed by atoms with Gasteiger partial charge in [0.05, 0.1) is 29.9 Å². The molecule has 2 aromatic carbocycles. The van der Waals surface area contributed by atoms with Gasteiger partial charge in [-0.25, -0.2) is 4.39 Å². The van der Waals surface area contributed by atoms with E-state index in [0.29, 0.717) is 17.4 Å². The van der Waals surface area contributed by atoms with Crippen molar-refractivity contribution in [3.8, 4) is 17.0 Å². The lowest BCUT2D eigenvalue weighted by atomic mass is 10.0. The van der Waals surface area contributed by atoms with Gasteiger partial charge in [-0.1, -0.05) is 13.8 Å². The zero-order valence-corrected chi connectivity index (χ0v) is 20.7. The number of hydrogen-bond acceptors (Lipinski definition) is 5. The minimum atomic E-state index is -4.63. The number of pyridine rings is 1. The highest BCUT2D eigenvalue weighted by molar-refractivity contribution is 5.94. The summed E-state index contributed by atoms with van der Waals surface area (Å²) >= 11 is 0. The van der Waals surface area contributed by atoms with E-state index >= 15 is 0 Å². The molecule has 1 amide bonds. The zero-order valence-electron chi connectivity index (χ0n) is 20.7. The molecule has 38 heavy (non-hydrogen) atoms. The minimum Gasteiger partial charge on any atom is -0.490 e. The number of halogens is 4. The molecule has 1 unspecified atom stereocenters. The third kappa shape index (κ3) is 7.92. The standard InChI is InChI=1S/C27H27F4N3O4/c1-16(2)24(34-19-6-3-17(4-7-19)26(37)32-12-11-25(35)36)15-38-20-8-10-23(33-14-20)21-9-5-18(13-22(21)28)27(29,30)31/h3-10,13-14,16,24,34H,11-12,15H2,1-2H3,(H,32,37)(H,35,36). The molecule has 0 radical (unpaired) electrons. The third-order valence-corrected chi connectivity index (χ3v) is 5.67. The summed E-state index contributed by atoms with van der Waals surface area (Å²) in [5, 5.41) is 14.5. The number of amides is 1. The number of alkyl halides is 3. The molecule has 7 nitrogen and oxygen atoms in total. The fourth-order valence-electron chi connectivity index (χ4n) is 3.43. The van der Waals surface area contributed by atoms with Crippen LogP contribution in [0.1, 0.15) is 36.2 Å². The molecular weight excluding hydrogens is 506 g/mol. The lowest BCUT2D eigenvalue weighted by molar-refractivity contribution is -0.138. The summed E-state index contributed by atoms with van der Waals surface area (Å²) in [5.41, 5.74) is 0.202. The average Bonchev–Trinajstić information content (AvgIpc) is 2.86. The largest absolute Gasteiger partial charge is 0.490 e. The van der Waals surface area contributed by atoms with Gasteiger partial charge in [-0.05, 0) is 60.5 Å². The van der Waals surface area contributed by atoms with Gasteiger partial charge in [-0.15, -0.1) is 0 Å². The molecule has 3 aromatic rings. The number of rotatable bonds is 11. The fourth-order valence-corrected chi connectivity index (χ4v) is 3.43. The van der Waals surface area contributed by atoms with Gasteiger partial charge in [0.15, 0.2) is 0 Å². The number of ether oxygens (including phenoxy) is 1. The van der Waals surface area contributed by atoms with Crippen LogP contribution in [-0.4, -0.2) is 41.2 Å². The molecule has 3 rings (SSSR count). The number of carboxylic acids is 1. The molecule has 0 bridgehead atoms. The number of aliphatic carboxylic acids is 1. The van der Waals surface area contributed by atoms with Gasteiger partial charge >= 0.3 is 12.1 Å². The van der Waals surface area contributed by atoms with Crippen LogP contribution in [0.2, 0.25) is 0 Å². The quantitative estimate of drug-likeness (QED) is 0.277. The number of benzene rings is 2. The Morgan fingerprint density at radius 3 is 2.32 bits per heavy atom. The third-order valence-electron chi connectivity index (χ3n) is 5.67. The van der Waals surface area contributed by atoms with Crippen LogP contribution < -0.4 is 15.4 Å². The summed E-state index contributed by atoms with van der Waals surface area (Å²) in [6.07, 6.45) is -3.42. The van der Waals surface area contributed by atoms with Crippen molar-refractivity contribution in [3.05, 3.63) is 77.7 Å². The predicted molar refractivity (Wildman–Crippen MR) is 133 cm³/mol. The zero-order chi connectivity index (χ0) is 27.9. The molecule has 0 aliphatic rings. The number of carbonyl (C=O) groups excluding carboxylic acids is 1. The summed E-state index contributed by atoms with van der Waals surface area (Å²) in [4.78, 5) is 26.8. The Morgan fingerprint density at radius 2 is 1.76 bits per heavy atom. The van der Waals surface area contributed by atoms with Crippen molar-refractivity contribution in [1.82, 2.24) is 10.3 Å². The van der Waals surface area contributed by atoms with E-state index in [9.17, 15) is 27.2 Å². The number of nitrogens with one attached hydrogen (secondary N) is 2. The lowest BCUT2D eigenvalue weighted by Crippen LogP contribution is -2.32. The molecule has 0 saturated carbocycles. The Hall–Kier alpha value is -4.15. The maximum Gasteiger partial charge on any atom is 0.416 e. The number of aromatic nitrogens is 1. The first-order chi connectivity index (χ1) is 17.9. The van der Waals surface area contributed by atoms with Crippen molar-refractivity contribution in [1.29, 1.82) is 0 Å². The Balaban J connectivity index is 1.58. The summed E-state index contributed by atoms with van der Waals surface area (Å²) in [7, 11) is 0. The van der Waals surface area contributed by atoms with Gasteiger partial charge in [0.1, 0.15) is 18.2 Å². The van der Waals surface area contributed by atoms with E-state index in [-0.39, 0.29) is 48.7 Å². The van der Waals surface area contributed by atoms with Crippen LogP contribution in [0, 0.1) is 11.7 Å². The summed E-state index contributed by atoms with van der Waals surface area (Å²) in [5.74, 6) is -1.82. The van der Waals surface area contributed by atoms with Crippen LogP contribution in [0.25, 0.3) is 11.3 Å². The van der Waals surface area contributed by atoms with Crippen LogP contribution in [0.3, 0.4) is 0 Å². The van der Waals surface area contributed by atoms with E-state index in [2.05, 4.69) is 15.6 Å². The van der Waals surface area contributed by atoms with Crippen molar-refractivity contribution in [3.63, 3.8) is 0 Å². The van der Waals surface area contributed by atoms with Crippen molar-refractivity contribution in [2.75, 3.05) is 18.5 Å². The molecule has 0 fully saturated rings. The SMILES string of the molecule is CC(C)C(COc1ccc(-c2ccc(C(F)(F)F)cc2F)nc1)Nc1ccc(C(=O)NCCC(=O)O)cc1. The van der Waals surface area contributed by atoms with Gasteiger partial charge < -0.3 is 20.5 Å². The summed E-state index contributed by atoms with van der Waals surface area (Å²) < 4.78 is 58.4. The monoisotopic (exact) mass is 533 g/mol. The second-order valence-electron chi connectivity index (χ2n) is 8.85. The van der Waals surface area contributed by atoms with Gasteiger partial charge in [-0.3, -0.25) is 14.6 Å². The van der Waals surface area contributed by atoms with Crippen molar-refractivity contribution < 1.29 is 37.0 Å². The first-order valence-corrected chi connectivity index (χ1v) is 11.8. The number of hydrogen-bond donors (Lipinski definition) is 3. The van der Waals surface area contributed by atoms with Crippen molar-refractivity contribution in [2.24, 2.45) is 5.92 Å². The second-order valence-corrected chi connectivity index (χ2v) is 8.85. The van der Waals surface area contributed by atoms with E-state index in [1.54, 1.807) is 30.3 Å². The van der Waals surface area contributed by atoms with Gasteiger partial charge in [0, 0.05) is 23.4 Å². The number of anilines is 1. The van der Waals surface area contributed by atoms with Crippen LogP contribution >= 0.6 is 0 Å². The van der Waals surface area contributed by atoms with E-state index in [1.807, 2.05) is 13.8 Å². The fraction of sp³-hybridized carbons (Fsp3) is 0.296. The van der Waals surface area contributed by atoms with Crippen molar-refractivity contribution in [2.45, 2.75) is 32.5 Å². The molecular formula is C27H27F4N3O4. The highest BCUT2D eigenvalue weighted by atomic mass is 19.4. The predicted octanol–water partition coefficient (Wildman–Crippen LogP) is 5.63. The smallest absolute Gasteiger partial charge is 0.416 e. The Labute approximate surface area is 216 Å². The van der Waals surface area contributed by atoms with E-state index in [0.717, 1.165) is 17.8 Å². The molecule has 0 aliphatic heterocycles.